The van der Waals surface area contributed by atoms with E-state index < -0.39 is 0 Å². The fraction of sp³-hybridized carbons (Fsp3) is 0.138. The van der Waals surface area contributed by atoms with Gasteiger partial charge in [0.15, 0.2) is 0 Å². The SMILES string of the molecule is Cc1cc2c(cc1-c1ccc(N(c3ccccc3C3=C4Oc5ccccc5C4CC=C3)c3ccccc3-c3cccc4cccc(C5CCCCC5)c34)cc1)c1ccccc1n2-c1ccccc1. The van der Waals surface area contributed by atoms with Crippen molar-refractivity contribution >= 4 is 55.2 Å². The van der Waals surface area contributed by atoms with Gasteiger partial charge in [-0.1, -0.05) is 171 Å². The van der Waals surface area contributed by atoms with E-state index in [1.165, 1.54) is 109 Å². The van der Waals surface area contributed by atoms with Crippen LogP contribution in [-0.4, -0.2) is 4.57 Å². The Kier molecular flexibility index (Phi) is 9.96. The summed E-state index contributed by atoms with van der Waals surface area (Å²) < 4.78 is 9.21. The van der Waals surface area contributed by atoms with Crippen LogP contribution in [0.1, 0.15) is 72.6 Å². The molecule has 1 aromatic heterocycles. The van der Waals surface area contributed by atoms with Gasteiger partial charge < -0.3 is 14.2 Å². The monoisotopic (exact) mass is 876 g/mol. The highest BCUT2D eigenvalue weighted by Crippen LogP contribution is 2.52. The molecule has 3 aliphatic rings. The molecule has 1 aliphatic heterocycles. The van der Waals surface area contributed by atoms with E-state index in [1.54, 1.807) is 0 Å². The zero-order valence-electron chi connectivity index (χ0n) is 38.4. The quantitative estimate of drug-likeness (QED) is 0.151. The Hall–Kier alpha value is -7.88. The van der Waals surface area contributed by atoms with Gasteiger partial charge in [0.1, 0.15) is 11.5 Å². The molecule has 3 heteroatoms. The maximum atomic E-state index is 6.80. The molecule has 68 heavy (non-hydrogen) atoms. The molecule has 3 nitrogen and oxygen atoms in total. The third-order valence-corrected chi connectivity index (χ3v) is 15.1. The molecule has 13 rings (SSSR count). The summed E-state index contributed by atoms with van der Waals surface area (Å²) in [5, 5.41) is 5.20. The summed E-state index contributed by atoms with van der Waals surface area (Å²) >= 11 is 0. The Morgan fingerprint density at radius 1 is 0.529 bits per heavy atom. The molecular weight excluding hydrogens is 825 g/mol. The first-order valence-corrected chi connectivity index (χ1v) is 24.6. The van der Waals surface area contributed by atoms with Crippen LogP contribution in [0.5, 0.6) is 5.75 Å². The second-order valence-electron chi connectivity index (χ2n) is 19.0. The largest absolute Gasteiger partial charge is 0.460 e. The number of aryl methyl sites for hydroxylation is 1. The van der Waals surface area contributed by atoms with Crippen molar-refractivity contribution in [3.05, 3.63) is 240 Å². The minimum absolute atomic E-state index is 0.190. The van der Waals surface area contributed by atoms with Crippen molar-refractivity contribution in [3.8, 4) is 33.7 Å². The summed E-state index contributed by atoms with van der Waals surface area (Å²) in [6.07, 6.45) is 12.0. The van der Waals surface area contributed by atoms with Crippen LogP contribution in [0.4, 0.5) is 17.1 Å². The number of para-hydroxylation sites is 5. The smallest absolute Gasteiger partial charge is 0.130 e. The van der Waals surface area contributed by atoms with Crippen molar-refractivity contribution in [2.24, 2.45) is 0 Å². The Morgan fingerprint density at radius 3 is 2.04 bits per heavy atom. The van der Waals surface area contributed by atoms with Crippen molar-refractivity contribution in [2.45, 2.75) is 57.3 Å². The average molecular weight is 877 g/mol. The van der Waals surface area contributed by atoms with Gasteiger partial charge in [-0.25, -0.2) is 0 Å². The van der Waals surface area contributed by atoms with E-state index in [0.717, 1.165) is 46.1 Å². The molecule has 1 fully saturated rings. The van der Waals surface area contributed by atoms with Gasteiger partial charge in [-0.05, 0) is 131 Å². The molecule has 1 saturated carbocycles. The summed E-state index contributed by atoms with van der Waals surface area (Å²) in [6.45, 7) is 2.25. The van der Waals surface area contributed by atoms with Gasteiger partial charge in [-0.3, -0.25) is 0 Å². The summed E-state index contributed by atoms with van der Waals surface area (Å²) in [6, 6.07) is 74.1. The van der Waals surface area contributed by atoms with Gasteiger partial charge in [-0.2, -0.15) is 0 Å². The molecular formula is C65H52N2O. The van der Waals surface area contributed by atoms with Gasteiger partial charge in [0.25, 0.3) is 0 Å². The van der Waals surface area contributed by atoms with Crippen LogP contribution < -0.4 is 9.64 Å². The minimum atomic E-state index is 0.190. The lowest BCUT2D eigenvalue weighted by molar-refractivity contribution is 0.429. The molecule has 10 aromatic rings. The van der Waals surface area contributed by atoms with Crippen molar-refractivity contribution in [3.63, 3.8) is 0 Å². The first-order chi connectivity index (χ1) is 33.7. The maximum absolute atomic E-state index is 6.80. The van der Waals surface area contributed by atoms with Crippen molar-refractivity contribution < 1.29 is 4.74 Å². The molecule has 0 amide bonds. The van der Waals surface area contributed by atoms with E-state index in [-0.39, 0.29) is 5.92 Å². The van der Waals surface area contributed by atoms with E-state index >= 15 is 0 Å². The lowest BCUT2D eigenvalue weighted by Crippen LogP contribution is -2.14. The Labute approximate surface area is 398 Å². The Morgan fingerprint density at radius 2 is 1.21 bits per heavy atom. The standard InChI is InChI=1S/C65H52N2O/c1-43-41-62-58(52-27-10-14-35-61(52)67(62)47-23-6-3-7-24-47)42-57(43)45-37-39-48(40-38-45)66(60-34-13-9-26-51(60)55-31-18-32-56-53-28-11-15-36-63(53)68-65(55)56)59-33-12-8-25-50(59)54-30-17-22-46-21-16-29-49(64(46)54)44-19-4-2-5-20-44/h3,6-18,21-31,33-42,44,56H,2,4-5,19-20,32H2,1H3. The molecule has 1 unspecified atom stereocenters. The molecule has 2 aliphatic carbocycles. The highest BCUT2D eigenvalue weighted by molar-refractivity contribution is 6.11. The predicted molar refractivity (Wildman–Crippen MR) is 285 cm³/mol. The van der Waals surface area contributed by atoms with Crippen LogP contribution in [0.3, 0.4) is 0 Å². The fourth-order valence-corrected chi connectivity index (χ4v) is 11.9. The summed E-state index contributed by atoms with van der Waals surface area (Å²) in [4.78, 5) is 2.51. The molecule has 0 radical (unpaired) electrons. The molecule has 328 valence electrons. The van der Waals surface area contributed by atoms with E-state index in [2.05, 4.69) is 229 Å². The third kappa shape index (κ3) is 6.71. The number of ether oxygens (including phenoxy) is 1. The first kappa shape index (κ1) is 40.4. The lowest BCUT2D eigenvalue weighted by Gasteiger charge is -2.31. The van der Waals surface area contributed by atoms with Gasteiger partial charge >= 0.3 is 0 Å². The van der Waals surface area contributed by atoms with E-state index in [9.17, 15) is 0 Å². The molecule has 0 spiro atoms. The maximum Gasteiger partial charge on any atom is 0.130 e. The van der Waals surface area contributed by atoms with Gasteiger partial charge in [0, 0.05) is 50.3 Å². The highest BCUT2D eigenvalue weighted by atomic mass is 16.5. The number of nitrogens with zero attached hydrogens (tertiary/aromatic N) is 2. The zero-order valence-corrected chi connectivity index (χ0v) is 38.4. The Balaban J connectivity index is 0.996. The molecule has 2 heterocycles. The van der Waals surface area contributed by atoms with Crippen molar-refractivity contribution in [1.82, 2.24) is 4.57 Å². The van der Waals surface area contributed by atoms with Gasteiger partial charge in [0.05, 0.1) is 22.4 Å². The number of hydrogen-bond donors (Lipinski definition) is 0. The number of anilines is 3. The van der Waals surface area contributed by atoms with Crippen LogP contribution in [0.15, 0.2) is 218 Å². The Bertz CT molecular complexity index is 3620. The average Bonchev–Trinajstić information content (AvgIpc) is 3.95. The zero-order chi connectivity index (χ0) is 45.1. The number of benzene rings is 9. The minimum Gasteiger partial charge on any atom is -0.460 e. The molecule has 0 bridgehead atoms. The number of hydrogen-bond acceptors (Lipinski definition) is 2. The van der Waals surface area contributed by atoms with Crippen LogP contribution in [0, 0.1) is 6.92 Å². The first-order valence-electron chi connectivity index (χ1n) is 24.6. The van der Waals surface area contributed by atoms with Crippen molar-refractivity contribution in [2.75, 3.05) is 4.90 Å². The summed E-state index contributed by atoms with van der Waals surface area (Å²) in [5.41, 5.74) is 18.2. The predicted octanol–water partition coefficient (Wildman–Crippen LogP) is 17.9. The molecule has 9 aromatic carbocycles. The second kappa shape index (κ2) is 16.8. The lowest BCUT2D eigenvalue weighted by atomic mass is 9.80. The van der Waals surface area contributed by atoms with Crippen LogP contribution in [0.25, 0.3) is 66.1 Å². The molecule has 0 N–H and O–H groups in total. The molecule has 1 atom stereocenters. The van der Waals surface area contributed by atoms with Crippen LogP contribution in [0.2, 0.25) is 0 Å². The number of allylic oxidation sites excluding steroid dienone is 4. The third-order valence-electron chi connectivity index (χ3n) is 15.1. The van der Waals surface area contributed by atoms with Gasteiger partial charge in [-0.15, -0.1) is 0 Å². The fourth-order valence-electron chi connectivity index (χ4n) is 11.9. The van der Waals surface area contributed by atoms with E-state index in [4.69, 9.17) is 4.74 Å². The van der Waals surface area contributed by atoms with Crippen LogP contribution in [-0.2, 0) is 0 Å². The van der Waals surface area contributed by atoms with Crippen molar-refractivity contribution in [1.29, 1.82) is 0 Å². The normalized spacial score (nSPS) is 15.8. The number of fused-ring (bicyclic) bond motifs is 7. The second-order valence-corrected chi connectivity index (χ2v) is 19.0. The number of aromatic nitrogens is 1. The topological polar surface area (TPSA) is 17.4 Å². The van der Waals surface area contributed by atoms with E-state index in [0.29, 0.717) is 5.92 Å². The summed E-state index contributed by atoms with van der Waals surface area (Å²) in [5.74, 6) is 2.76. The number of rotatable bonds is 8. The summed E-state index contributed by atoms with van der Waals surface area (Å²) in [7, 11) is 0. The molecule has 0 saturated heterocycles. The highest BCUT2D eigenvalue weighted by Gasteiger charge is 2.34. The van der Waals surface area contributed by atoms with Gasteiger partial charge in [0.2, 0.25) is 0 Å². The van der Waals surface area contributed by atoms with Crippen LogP contribution >= 0.6 is 0 Å². The van der Waals surface area contributed by atoms with E-state index in [1.807, 2.05) is 0 Å².